The van der Waals surface area contributed by atoms with Crippen LogP contribution in [0.25, 0.3) is 22.2 Å². The molecule has 0 aliphatic rings. The monoisotopic (exact) mass is 423 g/mol. The fraction of sp³-hybridized carbons (Fsp3) is 0.179. The van der Waals surface area contributed by atoms with Crippen molar-refractivity contribution in [2.24, 2.45) is 0 Å². The van der Waals surface area contributed by atoms with Gasteiger partial charge in [0.2, 0.25) is 5.78 Å². The lowest BCUT2D eigenvalue weighted by Gasteiger charge is -2.12. The summed E-state index contributed by atoms with van der Waals surface area (Å²) in [6.07, 6.45) is 0. The van der Waals surface area contributed by atoms with E-state index in [0.717, 1.165) is 27.8 Å². The molecule has 32 heavy (non-hydrogen) atoms. The maximum atomic E-state index is 13.0. The van der Waals surface area contributed by atoms with E-state index in [1.165, 1.54) is 0 Å². The van der Waals surface area contributed by atoms with Gasteiger partial charge < -0.3 is 4.74 Å². The van der Waals surface area contributed by atoms with Gasteiger partial charge in [-0.1, -0.05) is 54.1 Å². The summed E-state index contributed by atoms with van der Waals surface area (Å²) >= 11 is 0. The number of para-hydroxylation sites is 1. The number of esters is 1. The normalized spacial score (nSPS) is 10.9. The third-order valence-electron chi connectivity index (χ3n) is 5.76. The second-order valence-electron chi connectivity index (χ2n) is 8.19. The zero-order valence-electron chi connectivity index (χ0n) is 18.7. The second-order valence-corrected chi connectivity index (χ2v) is 8.19. The van der Waals surface area contributed by atoms with Gasteiger partial charge in [-0.2, -0.15) is 0 Å². The summed E-state index contributed by atoms with van der Waals surface area (Å²) in [6.45, 7) is 7.59. The second kappa shape index (κ2) is 8.75. The van der Waals surface area contributed by atoms with Gasteiger partial charge in [0.05, 0.1) is 16.8 Å². The summed E-state index contributed by atoms with van der Waals surface area (Å²) < 4.78 is 5.47. The van der Waals surface area contributed by atoms with Crippen molar-refractivity contribution in [3.63, 3.8) is 0 Å². The third kappa shape index (κ3) is 4.30. The number of carbonyl (C=O) groups is 2. The number of hydrogen-bond donors (Lipinski definition) is 0. The van der Waals surface area contributed by atoms with E-state index >= 15 is 0 Å². The van der Waals surface area contributed by atoms with Crippen LogP contribution in [0.15, 0.2) is 66.7 Å². The van der Waals surface area contributed by atoms with Crippen LogP contribution in [0.5, 0.6) is 0 Å². The molecule has 0 bridgehead atoms. The number of rotatable bonds is 5. The molecular formula is C28H25NO3. The predicted octanol–water partition coefficient (Wildman–Crippen LogP) is 6.18. The molecule has 4 rings (SSSR count). The summed E-state index contributed by atoms with van der Waals surface area (Å²) in [7, 11) is 0. The molecule has 4 nitrogen and oxygen atoms in total. The largest absolute Gasteiger partial charge is 0.454 e. The average Bonchev–Trinajstić information content (AvgIpc) is 2.79. The van der Waals surface area contributed by atoms with E-state index in [1.807, 2.05) is 88.4 Å². The summed E-state index contributed by atoms with van der Waals surface area (Å²) in [5.74, 6) is -0.747. The molecule has 3 aromatic carbocycles. The van der Waals surface area contributed by atoms with Crippen LogP contribution in [0.1, 0.15) is 43.0 Å². The third-order valence-corrected chi connectivity index (χ3v) is 5.76. The summed E-state index contributed by atoms with van der Waals surface area (Å²) in [4.78, 5) is 30.5. The van der Waals surface area contributed by atoms with E-state index in [9.17, 15) is 9.59 Å². The van der Waals surface area contributed by atoms with Crippen LogP contribution < -0.4 is 0 Å². The van der Waals surface area contributed by atoms with E-state index in [0.29, 0.717) is 27.7 Å². The molecule has 0 unspecified atom stereocenters. The first-order chi connectivity index (χ1) is 15.3. The number of benzene rings is 3. The lowest BCUT2D eigenvalue weighted by molar-refractivity contribution is 0.0476. The van der Waals surface area contributed by atoms with Crippen molar-refractivity contribution >= 4 is 22.7 Å². The Balaban J connectivity index is 1.64. The highest BCUT2D eigenvalue weighted by atomic mass is 16.5. The maximum Gasteiger partial charge on any atom is 0.339 e. The van der Waals surface area contributed by atoms with E-state index in [1.54, 1.807) is 6.07 Å². The van der Waals surface area contributed by atoms with Crippen molar-refractivity contribution in [3.05, 3.63) is 100 Å². The van der Waals surface area contributed by atoms with Crippen molar-refractivity contribution in [2.45, 2.75) is 27.7 Å². The molecule has 0 saturated carbocycles. The van der Waals surface area contributed by atoms with Crippen molar-refractivity contribution < 1.29 is 14.3 Å². The number of hydrogen-bond acceptors (Lipinski definition) is 4. The minimum Gasteiger partial charge on any atom is -0.454 e. The molecule has 0 N–H and O–H groups in total. The van der Waals surface area contributed by atoms with E-state index in [-0.39, 0.29) is 12.4 Å². The lowest BCUT2D eigenvalue weighted by atomic mass is 9.98. The first kappa shape index (κ1) is 21.4. The highest BCUT2D eigenvalue weighted by molar-refractivity contribution is 6.06. The number of carbonyl (C=O) groups excluding carboxylic acids is 2. The van der Waals surface area contributed by atoms with Crippen LogP contribution >= 0.6 is 0 Å². The van der Waals surface area contributed by atoms with Crippen molar-refractivity contribution in [3.8, 4) is 11.3 Å². The molecule has 4 aromatic rings. The van der Waals surface area contributed by atoms with Gasteiger partial charge in [0.15, 0.2) is 6.61 Å². The molecule has 0 aliphatic carbocycles. The van der Waals surface area contributed by atoms with Crippen molar-refractivity contribution in [2.75, 3.05) is 6.61 Å². The number of pyridine rings is 1. The Morgan fingerprint density at radius 2 is 1.47 bits per heavy atom. The SMILES string of the molecule is Cc1ccc(-c2cc(C(=O)OCC(=O)c3cc(C)c(C)cc3C)c3ccccc3n2)cc1. The standard InChI is InChI=1S/C28H25NO3/c1-17-9-11-21(12-10-17)26-15-24(22-7-5-6-8-25(22)29-26)28(31)32-16-27(30)23-14-19(3)18(2)13-20(23)4/h5-15H,16H2,1-4H3. The molecular weight excluding hydrogens is 398 g/mol. The van der Waals surface area contributed by atoms with E-state index in [4.69, 9.17) is 9.72 Å². The number of aryl methyl sites for hydroxylation is 4. The predicted molar refractivity (Wildman–Crippen MR) is 127 cm³/mol. The summed E-state index contributed by atoms with van der Waals surface area (Å²) in [5, 5.41) is 0.697. The molecule has 0 spiro atoms. The van der Waals surface area contributed by atoms with E-state index < -0.39 is 5.97 Å². The quantitative estimate of drug-likeness (QED) is 0.284. The fourth-order valence-electron chi connectivity index (χ4n) is 3.76. The molecule has 1 aromatic heterocycles. The Labute approximate surface area is 187 Å². The van der Waals surface area contributed by atoms with Gasteiger partial charge in [0, 0.05) is 16.5 Å². The number of nitrogens with zero attached hydrogens (tertiary/aromatic N) is 1. The summed E-state index contributed by atoms with van der Waals surface area (Å²) in [5.41, 5.74) is 7.48. The van der Waals surface area contributed by atoms with Crippen LogP contribution in [-0.4, -0.2) is 23.3 Å². The highest BCUT2D eigenvalue weighted by Crippen LogP contribution is 2.26. The molecule has 0 amide bonds. The van der Waals surface area contributed by atoms with Gasteiger partial charge in [-0.25, -0.2) is 9.78 Å². The smallest absolute Gasteiger partial charge is 0.339 e. The molecule has 0 atom stereocenters. The Hall–Kier alpha value is -3.79. The molecule has 0 radical (unpaired) electrons. The number of Topliss-reactive ketones (excluding diaryl/α,β-unsaturated/α-hetero) is 1. The molecule has 0 fully saturated rings. The Kier molecular flexibility index (Phi) is 5.87. The van der Waals surface area contributed by atoms with Crippen molar-refractivity contribution in [1.29, 1.82) is 0 Å². The minimum absolute atomic E-state index is 0.212. The summed E-state index contributed by atoms with van der Waals surface area (Å²) in [6, 6.07) is 21.0. The van der Waals surface area contributed by atoms with Crippen LogP contribution in [0.2, 0.25) is 0 Å². The number of ketones is 1. The van der Waals surface area contributed by atoms with Gasteiger partial charge in [-0.15, -0.1) is 0 Å². The molecule has 160 valence electrons. The van der Waals surface area contributed by atoms with Crippen LogP contribution in [0.4, 0.5) is 0 Å². The Morgan fingerprint density at radius 1 is 0.781 bits per heavy atom. The van der Waals surface area contributed by atoms with Crippen LogP contribution in [-0.2, 0) is 4.74 Å². The highest BCUT2D eigenvalue weighted by Gasteiger charge is 2.18. The number of ether oxygens (including phenoxy) is 1. The van der Waals surface area contributed by atoms with Gasteiger partial charge in [0.25, 0.3) is 0 Å². The average molecular weight is 424 g/mol. The number of aromatic nitrogens is 1. The first-order valence-electron chi connectivity index (χ1n) is 10.6. The van der Waals surface area contributed by atoms with Crippen LogP contribution in [0, 0.1) is 27.7 Å². The van der Waals surface area contributed by atoms with E-state index in [2.05, 4.69) is 0 Å². The van der Waals surface area contributed by atoms with Gasteiger partial charge >= 0.3 is 5.97 Å². The zero-order chi connectivity index (χ0) is 22.8. The van der Waals surface area contributed by atoms with Crippen LogP contribution in [0.3, 0.4) is 0 Å². The van der Waals surface area contributed by atoms with Gasteiger partial charge in [0.1, 0.15) is 0 Å². The number of fused-ring (bicyclic) bond motifs is 1. The molecule has 0 aliphatic heterocycles. The minimum atomic E-state index is -0.535. The molecule has 4 heteroatoms. The molecule has 1 heterocycles. The zero-order valence-corrected chi connectivity index (χ0v) is 18.7. The molecule has 0 saturated heterocycles. The Morgan fingerprint density at radius 3 is 2.22 bits per heavy atom. The van der Waals surface area contributed by atoms with Gasteiger partial charge in [-0.3, -0.25) is 4.79 Å². The maximum absolute atomic E-state index is 13.0. The first-order valence-corrected chi connectivity index (χ1v) is 10.6. The topological polar surface area (TPSA) is 56.3 Å². The lowest BCUT2D eigenvalue weighted by Crippen LogP contribution is -2.16. The fourth-order valence-corrected chi connectivity index (χ4v) is 3.76. The Bertz CT molecular complexity index is 1340. The van der Waals surface area contributed by atoms with Crippen molar-refractivity contribution in [1.82, 2.24) is 4.98 Å². The van der Waals surface area contributed by atoms with Gasteiger partial charge in [-0.05, 0) is 62.6 Å².